The van der Waals surface area contributed by atoms with Gasteiger partial charge in [0.15, 0.2) is 11.5 Å². The molecular formula is C23H19N3O5. The van der Waals surface area contributed by atoms with E-state index in [1.807, 2.05) is 6.07 Å². The molecule has 0 bridgehead atoms. The van der Waals surface area contributed by atoms with Crippen molar-refractivity contribution in [2.45, 2.75) is 0 Å². The van der Waals surface area contributed by atoms with Gasteiger partial charge in [0.05, 0.1) is 25.1 Å². The third-order valence-electron chi connectivity index (χ3n) is 4.37. The van der Waals surface area contributed by atoms with Crippen molar-refractivity contribution in [1.29, 1.82) is 0 Å². The number of ether oxygens (including phenoxy) is 4. The number of nitrogens with zero attached hydrogens (tertiary/aromatic N) is 2. The van der Waals surface area contributed by atoms with Gasteiger partial charge in [0.25, 0.3) is 0 Å². The Hall–Kier alpha value is -4.33. The first-order chi connectivity index (χ1) is 15.2. The Balaban J connectivity index is 1.49. The van der Waals surface area contributed by atoms with Gasteiger partial charge in [-0.3, -0.25) is 5.32 Å². The largest absolute Gasteiger partial charge is 0.493 e. The predicted molar refractivity (Wildman–Crippen MR) is 115 cm³/mol. The maximum atomic E-state index is 12.0. The van der Waals surface area contributed by atoms with Crippen LogP contribution in [0, 0.1) is 0 Å². The molecule has 31 heavy (non-hydrogen) atoms. The highest BCUT2D eigenvalue weighted by Crippen LogP contribution is 2.35. The summed E-state index contributed by atoms with van der Waals surface area (Å²) < 4.78 is 21.8. The SMILES string of the molecule is COc1cc2ncnc(Oc3ccc(NC(=O)Oc4ccccc4)cc3)c2cc1OC. The molecule has 1 aromatic heterocycles. The van der Waals surface area contributed by atoms with Crippen LogP contribution < -0.4 is 24.3 Å². The molecule has 4 aromatic rings. The van der Waals surface area contributed by atoms with E-state index in [2.05, 4.69) is 15.3 Å². The smallest absolute Gasteiger partial charge is 0.417 e. The van der Waals surface area contributed by atoms with Gasteiger partial charge < -0.3 is 18.9 Å². The third kappa shape index (κ3) is 4.64. The summed E-state index contributed by atoms with van der Waals surface area (Å²) >= 11 is 0. The number of benzene rings is 3. The van der Waals surface area contributed by atoms with Crippen molar-refractivity contribution < 1.29 is 23.7 Å². The molecule has 0 aliphatic rings. The molecule has 0 atom stereocenters. The van der Waals surface area contributed by atoms with Gasteiger partial charge in [-0.1, -0.05) is 18.2 Å². The number of hydrogen-bond acceptors (Lipinski definition) is 7. The molecule has 156 valence electrons. The van der Waals surface area contributed by atoms with Crippen molar-refractivity contribution >= 4 is 22.7 Å². The third-order valence-corrected chi connectivity index (χ3v) is 4.37. The fourth-order valence-corrected chi connectivity index (χ4v) is 2.90. The molecule has 4 rings (SSSR count). The minimum Gasteiger partial charge on any atom is -0.493 e. The number of methoxy groups -OCH3 is 2. The molecule has 1 N–H and O–H groups in total. The van der Waals surface area contributed by atoms with E-state index in [-0.39, 0.29) is 0 Å². The molecule has 8 heteroatoms. The first-order valence-electron chi connectivity index (χ1n) is 9.35. The van der Waals surface area contributed by atoms with Gasteiger partial charge in [0.2, 0.25) is 5.88 Å². The van der Waals surface area contributed by atoms with Crippen molar-refractivity contribution in [3.05, 3.63) is 73.1 Å². The second-order valence-electron chi connectivity index (χ2n) is 6.36. The second-order valence-corrected chi connectivity index (χ2v) is 6.36. The monoisotopic (exact) mass is 417 g/mol. The van der Waals surface area contributed by atoms with Gasteiger partial charge in [0, 0.05) is 11.8 Å². The molecule has 8 nitrogen and oxygen atoms in total. The van der Waals surface area contributed by atoms with Crippen molar-refractivity contribution in [2.24, 2.45) is 0 Å². The fraction of sp³-hybridized carbons (Fsp3) is 0.0870. The van der Waals surface area contributed by atoms with E-state index in [4.69, 9.17) is 18.9 Å². The standard InChI is InChI=1S/C23H19N3O5/c1-28-20-12-18-19(13-21(20)29-2)24-14-25-22(18)30-17-10-8-15(9-11-17)26-23(27)31-16-6-4-3-5-7-16/h3-14H,1-2H3,(H,26,27). The Morgan fingerprint density at radius 1 is 0.839 bits per heavy atom. The number of rotatable bonds is 6. The average Bonchev–Trinajstić information content (AvgIpc) is 2.80. The number of hydrogen-bond donors (Lipinski definition) is 1. The van der Waals surface area contributed by atoms with Crippen LogP contribution in [0.2, 0.25) is 0 Å². The van der Waals surface area contributed by atoms with Gasteiger partial charge in [-0.25, -0.2) is 14.8 Å². The molecule has 1 heterocycles. The summed E-state index contributed by atoms with van der Waals surface area (Å²) in [7, 11) is 3.12. The first-order valence-corrected chi connectivity index (χ1v) is 9.35. The van der Waals surface area contributed by atoms with Crippen molar-refractivity contribution in [2.75, 3.05) is 19.5 Å². The number of amides is 1. The predicted octanol–water partition coefficient (Wildman–Crippen LogP) is 5.05. The highest BCUT2D eigenvalue weighted by Gasteiger charge is 2.13. The lowest BCUT2D eigenvalue weighted by atomic mass is 10.2. The van der Waals surface area contributed by atoms with Crippen molar-refractivity contribution in [3.8, 4) is 28.9 Å². The summed E-state index contributed by atoms with van der Waals surface area (Å²) in [6.45, 7) is 0. The number of para-hydroxylation sites is 1. The summed E-state index contributed by atoms with van der Waals surface area (Å²) in [5.41, 5.74) is 1.22. The Bertz CT molecular complexity index is 1200. The Kier molecular flexibility index (Phi) is 5.79. The molecule has 0 spiro atoms. The molecule has 3 aromatic carbocycles. The second kappa shape index (κ2) is 9.00. The summed E-state index contributed by atoms with van der Waals surface area (Å²) in [5.74, 6) is 2.48. The number of carbonyl (C=O) groups is 1. The number of fused-ring (bicyclic) bond motifs is 1. The molecule has 1 amide bonds. The van der Waals surface area contributed by atoms with E-state index in [0.717, 1.165) is 0 Å². The molecular weight excluding hydrogens is 398 g/mol. The zero-order valence-electron chi connectivity index (χ0n) is 16.9. The highest BCUT2D eigenvalue weighted by molar-refractivity contribution is 5.87. The zero-order chi connectivity index (χ0) is 21.6. The Labute approximate surface area is 178 Å². The number of anilines is 1. The Morgan fingerprint density at radius 2 is 1.55 bits per heavy atom. The van der Waals surface area contributed by atoms with Crippen LogP contribution in [0.15, 0.2) is 73.1 Å². The quantitative estimate of drug-likeness (QED) is 0.469. The van der Waals surface area contributed by atoms with Crippen LogP contribution in [0.3, 0.4) is 0 Å². The molecule has 0 saturated heterocycles. The van der Waals surface area contributed by atoms with Gasteiger partial charge in [-0.05, 0) is 42.5 Å². The van der Waals surface area contributed by atoms with E-state index in [1.54, 1.807) is 74.9 Å². The fourth-order valence-electron chi connectivity index (χ4n) is 2.90. The van der Waals surface area contributed by atoms with E-state index >= 15 is 0 Å². The number of carbonyl (C=O) groups excluding carboxylic acids is 1. The first kappa shape index (κ1) is 20.0. The van der Waals surface area contributed by atoms with Gasteiger partial charge >= 0.3 is 6.09 Å². The van der Waals surface area contributed by atoms with Crippen molar-refractivity contribution in [1.82, 2.24) is 9.97 Å². The zero-order valence-corrected chi connectivity index (χ0v) is 16.9. The number of aromatic nitrogens is 2. The van der Waals surface area contributed by atoms with Gasteiger partial charge in [0.1, 0.15) is 17.8 Å². The van der Waals surface area contributed by atoms with Crippen LogP contribution in [-0.4, -0.2) is 30.3 Å². The summed E-state index contributed by atoms with van der Waals surface area (Å²) in [4.78, 5) is 20.5. The minimum absolute atomic E-state index is 0.371. The lowest BCUT2D eigenvalue weighted by Gasteiger charge is -2.12. The molecule has 0 radical (unpaired) electrons. The van der Waals surface area contributed by atoms with Crippen LogP contribution in [0.4, 0.5) is 10.5 Å². The molecule has 0 aliphatic carbocycles. The molecule has 0 fully saturated rings. The maximum absolute atomic E-state index is 12.0. The molecule has 0 aliphatic heterocycles. The highest BCUT2D eigenvalue weighted by atomic mass is 16.6. The van der Waals surface area contributed by atoms with Crippen LogP contribution in [0.5, 0.6) is 28.9 Å². The lowest BCUT2D eigenvalue weighted by Crippen LogP contribution is -2.16. The van der Waals surface area contributed by atoms with Gasteiger partial charge in [-0.15, -0.1) is 0 Å². The van der Waals surface area contributed by atoms with Crippen LogP contribution in [-0.2, 0) is 0 Å². The topological polar surface area (TPSA) is 91.8 Å². The average molecular weight is 417 g/mol. The van der Waals surface area contributed by atoms with Gasteiger partial charge in [-0.2, -0.15) is 0 Å². The van der Waals surface area contributed by atoms with Crippen LogP contribution >= 0.6 is 0 Å². The summed E-state index contributed by atoms with van der Waals surface area (Å²) in [5, 5.41) is 3.34. The normalized spacial score (nSPS) is 10.4. The Morgan fingerprint density at radius 3 is 2.26 bits per heavy atom. The summed E-state index contributed by atoms with van der Waals surface area (Å²) in [6.07, 6.45) is 0.835. The molecule has 0 saturated carbocycles. The lowest BCUT2D eigenvalue weighted by molar-refractivity contribution is 0.215. The number of nitrogens with one attached hydrogen (secondary N) is 1. The maximum Gasteiger partial charge on any atom is 0.417 e. The minimum atomic E-state index is -0.581. The summed E-state index contributed by atoms with van der Waals surface area (Å²) in [6, 6.07) is 19.2. The van der Waals surface area contributed by atoms with Crippen LogP contribution in [0.1, 0.15) is 0 Å². The molecule has 0 unspecified atom stereocenters. The van der Waals surface area contributed by atoms with E-state index in [9.17, 15) is 4.79 Å². The van der Waals surface area contributed by atoms with E-state index in [1.165, 1.54) is 6.33 Å². The van der Waals surface area contributed by atoms with E-state index in [0.29, 0.717) is 45.5 Å². The van der Waals surface area contributed by atoms with E-state index < -0.39 is 6.09 Å². The van der Waals surface area contributed by atoms with Crippen molar-refractivity contribution in [3.63, 3.8) is 0 Å². The van der Waals surface area contributed by atoms with Crippen LogP contribution in [0.25, 0.3) is 10.9 Å².